The van der Waals surface area contributed by atoms with E-state index in [1.54, 1.807) is 20.8 Å². The molecule has 42 heavy (non-hydrogen) atoms. The topological polar surface area (TPSA) is 91.4 Å². The Balaban J connectivity index is 0. The van der Waals surface area contributed by atoms with Crippen LogP contribution >= 0.6 is 0 Å². The van der Waals surface area contributed by atoms with Gasteiger partial charge < -0.3 is 18.9 Å². The van der Waals surface area contributed by atoms with Crippen molar-refractivity contribution in [3.8, 4) is 0 Å². The molecule has 244 valence electrons. The number of hydrogen-bond acceptors (Lipinski definition) is 7. The lowest BCUT2D eigenvalue weighted by molar-refractivity contribution is -0.140. The first kappa shape index (κ1) is 41.7. The first-order chi connectivity index (χ1) is 20.1. The maximum Gasteiger partial charge on any atom is 0.333 e. The van der Waals surface area contributed by atoms with E-state index in [-0.39, 0.29) is 24.0 Å². The summed E-state index contributed by atoms with van der Waals surface area (Å²) in [7, 11) is 0. The number of epoxide rings is 1. The van der Waals surface area contributed by atoms with Gasteiger partial charge >= 0.3 is 17.9 Å². The van der Waals surface area contributed by atoms with E-state index in [0.717, 1.165) is 19.3 Å². The fourth-order valence-electron chi connectivity index (χ4n) is 3.50. The summed E-state index contributed by atoms with van der Waals surface area (Å²) in [6, 6.07) is 0. The number of ether oxygens (including phenoxy) is 4. The second-order valence-electron chi connectivity index (χ2n) is 11.1. The number of rotatable bonds is 23. The van der Waals surface area contributed by atoms with Gasteiger partial charge in [-0.25, -0.2) is 14.4 Å². The van der Waals surface area contributed by atoms with E-state index in [2.05, 4.69) is 33.6 Å². The van der Waals surface area contributed by atoms with Gasteiger partial charge in [0.1, 0.15) is 12.7 Å². The van der Waals surface area contributed by atoms with Crippen LogP contribution in [0.15, 0.2) is 36.5 Å². The summed E-state index contributed by atoms with van der Waals surface area (Å²) in [5.41, 5.74) is 1.40. The van der Waals surface area contributed by atoms with Crippen LogP contribution < -0.4 is 0 Å². The van der Waals surface area contributed by atoms with Gasteiger partial charge in [-0.2, -0.15) is 0 Å². The smallest absolute Gasteiger partial charge is 0.333 e. The minimum atomic E-state index is -0.337. The summed E-state index contributed by atoms with van der Waals surface area (Å²) in [6.07, 6.45) is 20.4. The normalized spacial score (nSPS) is 12.9. The van der Waals surface area contributed by atoms with Crippen molar-refractivity contribution in [3.05, 3.63) is 36.5 Å². The van der Waals surface area contributed by atoms with Gasteiger partial charge in [-0.05, 0) is 33.6 Å². The Morgan fingerprint density at radius 2 is 0.833 bits per heavy atom. The molecule has 1 atom stereocenters. The number of unbranched alkanes of at least 4 members (excludes halogenated alkanes) is 14. The van der Waals surface area contributed by atoms with Crippen LogP contribution in [0.25, 0.3) is 0 Å². The molecule has 1 aliphatic heterocycles. The Labute approximate surface area is 257 Å². The Bertz CT molecular complexity index is 752. The minimum Gasteiger partial charge on any atom is -0.462 e. The van der Waals surface area contributed by atoms with Crippen LogP contribution in [0.4, 0.5) is 0 Å². The van der Waals surface area contributed by atoms with Crippen molar-refractivity contribution in [1.82, 2.24) is 0 Å². The zero-order valence-electron chi connectivity index (χ0n) is 27.7. The molecular weight excluding hydrogens is 532 g/mol. The molecule has 1 heterocycles. The third-order valence-electron chi connectivity index (χ3n) is 6.31. The van der Waals surface area contributed by atoms with Crippen LogP contribution in [0, 0.1) is 0 Å². The SMILES string of the molecule is C=C(C)C(=O)OCC1CO1.C=C(C)C(=O)OCCCCCCCC.C=C(C)C(=O)OCCCCCCCCCCCC. The van der Waals surface area contributed by atoms with Crippen molar-refractivity contribution in [2.24, 2.45) is 0 Å². The van der Waals surface area contributed by atoms with Crippen LogP contribution in [0.3, 0.4) is 0 Å². The first-order valence-electron chi connectivity index (χ1n) is 16.2. The lowest BCUT2D eigenvalue weighted by Gasteiger charge is -2.04. The summed E-state index contributed by atoms with van der Waals surface area (Å²) in [5.74, 6) is -0.861. The monoisotopic (exact) mass is 594 g/mol. The molecule has 1 fully saturated rings. The Morgan fingerprint density at radius 3 is 1.12 bits per heavy atom. The zero-order valence-corrected chi connectivity index (χ0v) is 27.7. The van der Waals surface area contributed by atoms with Crippen molar-refractivity contribution in [3.63, 3.8) is 0 Å². The summed E-state index contributed by atoms with van der Waals surface area (Å²) >= 11 is 0. The van der Waals surface area contributed by atoms with E-state index in [4.69, 9.17) is 18.9 Å². The van der Waals surface area contributed by atoms with E-state index in [9.17, 15) is 14.4 Å². The summed E-state index contributed by atoms with van der Waals surface area (Å²) < 4.78 is 19.6. The third-order valence-corrected chi connectivity index (χ3v) is 6.31. The van der Waals surface area contributed by atoms with Gasteiger partial charge in [0.05, 0.1) is 19.8 Å². The number of carbonyl (C=O) groups is 3. The standard InChI is InChI=1S/C16H30O2.C12H22O2.C7H10O3/c1-4-5-6-7-8-9-10-11-12-13-14-18-16(17)15(2)3;1-4-5-6-7-8-9-10-14-12(13)11(2)3;1-5(2)7(8)10-4-6-3-9-6/h2,4-14H2,1,3H3;2,4-10H2,1,3H3;6H,1,3-4H2,2H3. The lowest BCUT2D eigenvalue weighted by atomic mass is 10.1. The quantitative estimate of drug-likeness (QED) is 0.0383. The molecule has 0 saturated carbocycles. The molecule has 0 aliphatic carbocycles. The molecule has 7 heteroatoms. The molecule has 0 aromatic carbocycles. The number of esters is 3. The van der Waals surface area contributed by atoms with E-state index < -0.39 is 0 Å². The average molecular weight is 595 g/mol. The fraction of sp³-hybridized carbons (Fsp3) is 0.743. The molecule has 1 aliphatic rings. The summed E-state index contributed by atoms with van der Waals surface area (Å²) in [6.45, 7) is 22.1. The molecular formula is C35H62O7. The van der Waals surface area contributed by atoms with Gasteiger partial charge in [-0.1, -0.05) is 123 Å². The highest BCUT2D eigenvalue weighted by atomic mass is 16.6. The molecule has 0 N–H and O–H groups in total. The molecule has 0 aromatic rings. The largest absolute Gasteiger partial charge is 0.462 e. The van der Waals surface area contributed by atoms with Crippen molar-refractivity contribution in [2.75, 3.05) is 26.4 Å². The molecule has 7 nitrogen and oxygen atoms in total. The highest BCUT2D eigenvalue weighted by Crippen LogP contribution is 2.11. The van der Waals surface area contributed by atoms with Crippen LogP contribution in [-0.4, -0.2) is 50.4 Å². The maximum atomic E-state index is 11.1. The predicted molar refractivity (Wildman–Crippen MR) is 172 cm³/mol. The van der Waals surface area contributed by atoms with Crippen molar-refractivity contribution < 1.29 is 33.3 Å². The van der Waals surface area contributed by atoms with Crippen LogP contribution in [0.5, 0.6) is 0 Å². The average Bonchev–Trinajstić information content (AvgIpc) is 3.79. The fourth-order valence-corrected chi connectivity index (χ4v) is 3.50. The lowest BCUT2D eigenvalue weighted by Crippen LogP contribution is -2.09. The van der Waals surface area contributed by atoms with Crippen molar-refractivity contribution in [1.29, 1.82) is 0 Å². The Hall–Kier alpha value is -2.41. The molecule has 1 saturated heterocycles. The molecule has 1 rings (SSSR count). The molecule has 1 unspecified atom stereocenters. The minimum absolute atomic E-state index is 0.142. The number of hydrogen-bond donors (Lipinski definition) is 0. The molecule has 0 aromatic heterocycles. The van der Waals surface area contributed by atoms with Gasteiger partial charge in [0.25, 0.3) is 0 Å². The van der Waals surface area contributed by atoms with Crippen LogP contribution in [0.2, 0.25) is 0 Å². The Kier molecular flexibility index (Phi) is 29.9. The third kappa shape index (κ3) is 32.1. The van der Waals surface area contributed by atoms with Gasteiger partial charge in [-0.3, -0.25) is 0 Å². The Morgan fingerprint density at radius 1 is 0.548 bits per heavy atom. The number of carbonyl (C=O) groups excluding carboxylic acids is 3. The summed E-state index contributed by atoms with van der Waals surface area (Å²) in [4.78, 5) is 32.7. The van der Waals surface area contributed by atoms with Gasteiger partial charge in [0.2, 0.25) is 0 Å². The second kappa shape index (κ2) is 30.1. The molecule has 0 spiro atoms. The predicted octanol–water partition coefficient (Wildman–Crippen LogP) is 9.00. The summed E-state index contributed by atoms with van der Waals surface area (Å²) in [5, 5.41) is 0. The van der Waals surface area contributed by atoms with Crippen LogP contribution in [0.1, 0.15) is 137 Å². The van der Waals surface area contributed by atoms with Gasteiger partial charge in [0.15, 0.2) is 0 Å². The van der Waals surface area contributed by atoms with E-state index in [0.29, 0.717) is 43.1 Å². The second-order valence-corrected chi connectivity index (χ2v) is 11.1. The van der Waals surface area contributed by atoms with Gasteiger partial charge in [0, 0.05) is 16.7 Å². The zero-order chi connectivity index (χ0) is 32.0. The van der Waals surface area contributed by atoms with Crippen LogP contribution in [-0.2, 0) is 33.3 Å². The highest BCUT2D eigenvalue weighted by molar-refractivity contribution is 5.87. The van der Waals surface area contributed by atoms with Crippen molar-refractivity contribution in [2.45, 2.75) is 143 Å². The van der Waals surface area contributed by atoms with E-state index >= 15 is 0 Å². The van der Waals surface area contributed by atoms with Crippen molar-refractivity contribution >= 4 is 17.9 Å². The van der Waals surface area contributed by atoms with Gasteiger partial charge in [-0.15, -0.1) is 0 Å². The molecule has 0 radical (unpaired) electrons. The first-order valence-corrected chi connectivity index (χ1v) is 16.2. The molecule has 0 amide bonds. The van der Waals surface area contributed by atoms with E-state index in [1.807, 2.05) is 0 Å². The molecule has 0 bridgehead atoms. The highest BCUT2D eigenvalue weighted by Gasteiger charge is 2.24. The maximum absolute atomic E-state index is 11.1. The van der Waals surface area contributed by atoms with E-state index in [1.165, 1.54) is 83.5 Å².